The number of imidazole rings is 1. The number of carbonyl (C=O) groups is 1. The maximum atomic E-state index is 13.7. The minimum absolute atomic E-state index is 0.246. The summed E-state index contributed by atoms with van der Waals surface area (Å²) in [5.74, 6) is -0.0589. The summed E-state index contributed by atoms with van der Waals surface area (Å²) in [5.41, 5.74) is 2.17. The van der Waals surface area contributed by atoms with Crippen LogP contribution in [0.1, 0.15) is 11.4 Å². The fourth-order valence-corrected chi connectivity index (χ4v) is 3.43. The summed E-state index contributed by atoms with van der Waals surface area (Å²) in [5, 5.41) is 2.72. The number of hydrogen-bond donors (Lipinski definition) is 1. The van der Waals surface area contributed by atoms with Crippen LogP contribution in [0.4, 0.5) is 28.0 Å². The molecule has 1 aliphatic heterocycles. The van der Waals surface area contributed by atoms with Gasteiger partial charge in [-0.25, -0.2) is 14.2 Å². The Bertz CT molecular complexity index is 1110. The van der Waals surface area contributed by atoms with Gasteiger partial charge in [0.2, 0.25) is 0 Å². The van der Waals surface area contributed by atoms with E-state index in [4.69, 9.17) is 0 Å². The maximum Gasteiger partial charge on any atom is 0.573 e. The predicted octanol–water partition coefficient (Wildman–Crippen LogP) is 4.94. The molecule has 0 aliphatic carbocycles. The average molecular weight is 434 g/mol. The lowest BCUT2D eigenvalue weighted by atomic mass is 10.1. The molecule has 6 nitrogen and oxygen atoms in total. The van der Waals surface area contributed by atoms with Gasteiger partial charge in [0.05, 0.1) is 18.4 Å². The van der Waals surface area contributed by atoms with Crippen LogP contribution in [0, 0.1) is 12.7 Å². The Morgan fingerprint density at radius 3 is 2.58 bits per heavy atom. The third-order valence-corrected chi connectivity index (χ3v) is 5.04. The van der Waals surface area contributed by atoms with Gasteiger partial charge in [0.1, 0.15) is 17.4 Å². The summed E-state index contributed by atoms with van der Waals surface area (Å²) in [6.45, 7) is 2.69. The highest BCUT2D eigenvalue weighted by atomic mass is 19.4. The molecule has 2 heterocycles. The molecule has 0 radical (unpaired) electrons. The van der Waals surface area contributed by atoms with Crippen molar-refractivity contribution >= 4 is 11.7 Å². The molecule has 1 N–H and O–H groups in total. The monoisotopic (exact) mass is 434 g/mol. The van der Waals surface area contributed by atoms with Crippen molar-refractivity contribution in [1.29, 1.82) is 0 Å². The van der Waals surface area contributed by atoms with Crippen molar-refractivity contribution < 1.29 is 27.1 Å². The number of hydrogen-bond acceptors (Lipinski definition) is 3. The van der Waals surface area contributed by atoms with Gasteiger partial charge in [-0.05, 0) is 43.3 Å². The minimum Gasteiger partial charge on any atom is -0.406 e. The highest BCUT2D eigenvalue weighted by Gasteiger charge is 2.31. The van der Waals surface area contributed by atoms with E-state index in [1.54, 1.807) is 24.1 Å². The van der Waals surface area contributed by atoms with Gasteiger partial charge in [-0.1, -0.05) is 6.07 Å². The van der Waals surface area contributed by atoms with E-state index in [1.165, 1.54) is 36.4 Å². The Hall–Kier alpha value is -3.56. The fraction of sp³-hybridized carbons (Fsp3) is 0.238. The first-order chi connectivity index (χ1) is 14.7. The van der Waals surface area contributed by atoms with Crippen LogP contribution in [0.3, 0.4) is 0 Å². The van der Waals surface area contributed by atoms with Crippen LogP contribution >= 0.6 is 0 Å². The third kappa shape index (κ3) is 4.47. The number of nitrogens with zero attached hydrogens (tertiary/aromatic N) is 3. The number of rotatable bonds is 3. The van der Waals surface area contributed by atoms with Gasteiger partial charge in [0.25, 0.3) is 0 Å². The number of fused-ring (bicyclic) bond motifs is 1. The molecule has 31 heavy (non-hydrogen) atoms. The Morgan fingerprint density at radius 2 is 1.87 bits per heavy atom. The molecule has 162 valence electrons. The molecule has 0 saturated heterocycles. The lowest BCUT2D eigenvalue weighted by molar-refractivity contribution is -0.274. The zero-order chi connectivity index (χ0) is 22.2. The van der Waals surface area contributed by atoms with Crippen LogP contribution in [-0.2, 0) is 13.1 Å². The zero-order valence-corrected chi connectivity index (χ0v) is 16.4. The minimum atomic E-state index is -4.74. The smallest absolute Gasteiger partial charge is 0.406 e. The number of urea groups is 1. The molecule has 10 heteroatoms. The highest BCUT2D eigenvalue weighted by molar-refractivity contribution is 5.90. The Balaban J connectivity index is 1.47. The van der Waals surface area contributed by atoms with Gasteiger partial charge in [-0.3, -0.25) is 0 Å². The summed E-state index contributed by atoms with van der Waals surface area (Å²) < 4.78 is 56.5. The standard InChI is InChI=1S/C21H18F4N4O2/c1-13-16(22)3-2-4-17(13)27-20(30)28-9-10-29-18(11-26-19(29)12-28)14-5-7-15(8-6-14)31-21(23,24)25/h2-8,11H,9-10,12H2,1H3,(H,27,30). The molecule has 0 bridgehead atoms. The summed E-state index contributed by atoms with van der Waals surface area (Å²) >= 11 is 0. The molecule has 1 aliphatic rings. The number of benzene rings is 2. The number of alkyl halides is 3. The van der Waals surface area contributed by atoms with Gasteiger partial charge in [-0.2, -0.15) is 0 Å². The Morgan fingerprint density at radius 1 is 1.13 bits per heavy atom. The summed E-state index contributed by atoms with van der Waals surface area (Å²) in [6, 6.07) is 9.65. The molecular weight excluding hydrogens is 416 g/mol. The Labute approximate surface area is 175 Å². The number of anilines is 1. The summed E-state index contributed by atoms with van der Waals surface area (Å²) in [4.78, 5) is 18.5. The van der Waals surface area contributed by atoms with Gasteiger partial charge in [0, 0.05) is 29.9 Å². The van der Waals surface area contributed by atoms with E-state index in [0.717, 1.165) is 5.69 Å². The van der Waals surface area contributed by atoms with Crippen molar-refractivity contribution in [1.82, 2.24) is 14.5 Å². The van der Waals surface area contributed by atoms with Gasteiger partial charge in [0.15, 0.2) is 0 Å². The van der Waals surface area contributed by atoms with Crippen LogP contribution in [0.5, 0.6) is 5.75 Å². The maximum absolute atomic E-state index is 13.7. The molecule has 0 atom stereocenters. The van der Waals surface area contributed by atoms with Gasteiger partial charge in [-0.15, -0.1) is 13.2 Å². The molecule has 0 unspecified atom stereocenters. The van der Waals surface area contributed by atoms with Crippen molar-refractivity contribution in [2.24, 2.45) is 0 Å². The van der Waals surface area contributed by atoms with Gasteiger partial charge < -0.3 is 19.5 Å². The first-order valence-corrected chi connectivity index (χ1v) is 9.43. The van der Waals surface area contributed by atoms with E-state index in [1.807, 2.05) is 4.57 Å². The fourth-order valence-electron chi connectivity index (χ4n) is 3.43. The lowest BCUT2D eigenvalue weighted by Crippen LogP contribution is -2.41. The highest BCUT2D eigenvalue weighted by Crippen LogP contribution is 2.28. The second-order valence-corrected chi connectivity index (χ2v) is 7.05. The van der Waals surface area contributed by atoms with E-state index in [2.05, 4.69) is 15.0 Å². The van der Waals surface area contributed by atoms with E-state index in [9.17, 15) is 22.4 Å². The van der Waals surface area contributed by atoms with Crippen LogP contribution < -0.4 is 10.1 Å². The predicted molar refractivity (Wildman–Crippen MR) is 105 cm³/mol. The quantitative estimate of drug-likeness (QED) is 0.594. The van der Waals surface area contributed by atoms with Crippen molar-refractivity contribution in [2.75, 3.05) is 11.9 Å². The molecule has 2 aromatic carbocycles. The number of carbonyl (C=O) groups excluding carboxylic acids is 1. The first kappa shape index (κ1) is 20.7. The van der Waals surface area contributed by atoms with Crippen LogP contribution in [0.25, 0.3) is 11.3 Å². The van der Waals surface area contributed by atoms with Crippen molar-refractivity contribution in [2.45, 2.75) is 26.4 Å². The molecule has 3 aromatic rings. The van der Waals surface area contributed by atoms with Crippen LogP contribution in [0.2, 0.25) is 0 Å². The van der Waals surface area contributed by atoms with E-state index in [0.29, 0.717) is 35.7 Å². The molecular formula is C21H18F4N4O2. The average Bonchev–Trinajstić information content (AvgIpc) is 3.14. The number of amides is 2. The first-order valence-electron chi connectivity index (χ1n) is 9.43. The second kappa shape index (κ2) is 7.93. The van der Waals surface area contributed by atoms with Gasteiger partial charge >= 0.3 is 12.4 Å². The topological polar surface area (TPSA) is 59.4 Å². The van der Waals surface area contributed by atoms with Crippen LogP contribution in [0.15, 0.2) is 48.7 Å². The number of nitrogens with one attached hydrogen (secondary N) is 1. The van der Waals surface area contributed by atoms with Crippen molar-refractivity contribution in [3.8, 4) is 17.0 Å². The summed E-state index contributed by atoms with van der Waals surface area (Å²) in [7, 11) is 0. The zero-order valence-electron chi connectivity index (χ0n) is 16.4. The second-order valence-electron chi connectivity index (χ2n) is 7.05. The summed E-state index contributed by atoms with van der Waals surface area (Å²) in [6.07, 6.45) is -3.13. The molecule has 4 rings (SSSR count). The van der Waals surface area contributed by atoms with E-state index < -0.39 is 12.2 Å². The van der Waals surface area contributed by atoms with E-state index >= 15 is 0 Å². The largest absolute Gasteiger partial charge is 0.573 e. The van der Waals surface area contributed by atoms with Crippen molar-refractivity contribution in [3.63, 3.8) is 0 Å². The number of halogens is 4. The Kier molecular flexibility index (Phi) is 5.30. The normalized spacial score (nSPS) is 13.6. The number of aromatic nitrogens is 2. The molecule has 2 amide bonds. The SMILES string of the molecule is Cc1c(F)cccc1NC(=O)N1CCn2c(-c3ccc(OC(F)(F)F)cc3)cnc2C1. The van der Waals surface area contributed by atoms with Crippen LogP contribution in [-0.4, -0.2) is 33.4 Å². The lowest BCUT2D eigenvalue weighted by Gasteiger charge is -2.29. The molecule has 0 saturated carbocycles. The third-order valence-electron chi connectivity index (χ3n) is 5.04. The molecule has 0 spiro atoms. The van der Waals surface area contributed by atoms with Crippen molar-refractivity contribution in [3.05, 3.63) is 65.9 Å². The molecule has 0 fully saturated rings. The number of ether oxygens (including phenoxy) is 1. The van der Waals surface area contributed by atoms with E-state index in [-0.39, 0.29) is 18.3 Å². The molecule has 1 aromatic heterocycles.